The van der Waals surface area contributed by atoms with Gasteiger partial charge in [-0.25, -0.2) is 9.78 Å². The van der Waals surface area contributed by atoms with Crippen molar-refractivity contribution in [2.45, 2.75) is 49.9 Å². The number of hydrogen-bond donors (Lipinski definition) is 9. The number of carbonyl (C=O) groups is 6. The van der Waals surface area contributed by atoms with Gasteiger partial charge < -0.3 is 43.2 Å². The van der Waals surface area contributed by atoms with Crippen LogP contribution in [0.1, 0.15) is 25.0 Å². The van der Waals surface area contributed by atoms with E-state index in [0.29, 0.717) is 5.69 Å². The van der Waals surface area contributed by atoms with Gasteiger partial charge in [-0.2, -0.15) is 12.6 Å². The van der Waals surface area contributed by atoms with Crippen LogP contribution >= 0.6 is 12.6 Å². The molecular formula is C18H28N8O7S. The van der Waals surface area contributed by atoms with E-state index in [9.17, 15) is 28.8 Å². The first kappa shape index (κ1) is 28.4. The second-order valence-electron chi connectivity index (χ2n) is 7.27. The average Bonchev–Trinajstić information content (AvgIpc) is 3.26. The highest BCUT2D eigenvalue weighted by Crippen LogP contribution is 2.04. The van der Waals surface area contributed by atoms with E-state index in [2.05, 4.69) is 38.5 Å². The van der Waals surface area contributed by atoms with Crippen molar-refractivity contribution in [2.24, 2.45) is 17.2 Å². The second kappa shape index (κ2) is 13.8. The molecular weight excluding hydrogens is 472 g/mol. The Morgan fingerprint density at radius 1 is 0.971 bits per heavy atom. The number of H-pyrrole nitrogens is 1. The lowest BCUT2D eigenvalue weighted by atomic mass is 10.1. The third-order valence-corrected chi connectivity index (χ3v) is 4.84. The van der Waals surface area contributed by atoms with Gasteiger partial charge >= 0.3 is 5.97 Å². The Labute approximate surface area is 199 Å². The minimum atomic E-state index is -1.35. The lowest BCUT2D eigenvalue weighted by Crippen LogP contribution is -2.58. The lowest BCUT2D eigenvalue weighted by Gasteiger charge is -2.24. The van der Waals surface area contributed by atoms with Gasteiger partial charge in [0.05, 0.1) is 18.8 Å². The molecule has 188 valence electrons. The van der Waals surface area contributed by atoms with Crippen LogP contribution in [0, 0.1) is 0 Å². The zero-order chi connectivity index (χ0) is 25.8. The van der Waals surface area contributed by atoms with E-state index in [1.807, 2.05) is 0 Å². The smallest absolute Gasteiger partial charge is 0.327 e. The van der Waals surface area contributed by atoms with E-state index >= 15 is 0 Å². The van der Waals surface area contributed by atoms with E-state index in [-0.39, 0.29) is 25.0 Å². The number of hydrogen-bond acceptors (Lipinski definition) is 9. The fraction of sp³-hybridized carbons (Fsp3) is 0.500. The van der Waals surface area contributed by atoms with Crippen molar-refractivity contribution in [1.82, 2.24) is 25.9 Å². The quantitative estimate of drug-likeness (QED) is 0.106. The number of carbonyl (C=O) groups excluding carboxylic acids is 5. The number of aromatic nitrogens is 2. The standard InChI is InChI=1S/C18H28N8O7S/c19-9(4-14(21)28)15(29)24-10(1-2-13(20)27)16(30)25-11(3-8-5-22-7-23-8)17(31)26-12(6-34)18(32)33/h5,7,9-12,34H,1-4,6,19H2,(H2,20,27)(H2,21,28)(H,22,23)(H,24,29)(H,25,30)(H,26,31)(H,32,33). The highest BCUT2D eigenvalue weighted by Gasteiger charge is 2.30. The van der Waals surface area contributed by atoms with Crippen LogP contribution in [0.3, 0.4) is 0 Å². The highest BCUT2D eigenvalue weighted by atomic mass is 32.1. The van der Waals surface area contributed by atoms with Crippen molar-refractivity contribution in [2.75, 3.05) is 5.75 Å². The Morgan fingerprint density at radius 2 is 1.56 bits per heavy atom. The first-order valence-electron chi connectivity index (χ1n) is 9.98. The van der Waals surface area contributed by atoms with Gasteiger partial charge in [0, 0.05) is 30.5 Å². The van der Waals surface area contributed by atoms with Gasteiger partial charge in [-0.05, 0) is 6.42 Å². The van der Waals surface area contributed by atoms with Gasteiger partial charge in [-0.3, -0.25) is 24.0 Å². The maximum atomic E-state index is 12.9. The van der Waals surface area contributed by atoms with Crippen LogP contribution in [0.2, 0.25) is 0 Å². The van der Waals surface area contributed by atoms with E-state index < -0.39 is 66.1 Å². The second-order valence-corrected chi connectivity index (χ2v) is 7.63. The largest absolute Gasteiger partial charge is 0.480 e. The molecule has 0 saturated carbocycles. The minimum absolute atomic E-state index is 0.103. The number of carboxylic acids is 1. The van der Waals surface area contributed by atoms with E-state index in [1.165, 1.54) is 12.5 Å². The van der Waals surface area contributed by atoms with Crippen LogP contribution in [0.5, 0.6) is 0 Å². The summed E-state index contributed by atoms with van der Waals surface area (Å²) in [4.78, 5) is 77.9. The zero-order valence-corrected chi connectivity index (χ0v) is 18.9. The molecule has 1 heterocycles. The van der Waals surface area contributed by atoms with Crippen molar-refractivity contribution < 1.29 is 33.9 Å². The number of nitrogens with two attached hydrogens (primary N) is 3. The highest BCUT2D eigenvalue weighted by molar-refractivity contribution is 7.80. The number of nitrogens with one attached hydrogen (secondary N) is 4. The van der Waals surface area contributed by atoms with Crippen molar-refractivity contribution in [1.29, 1.82) is 0 Å². The normalized spacial score (nSPS) is 14.2. The van der Waals surface area contributed by atoms with Gasteiger partial charge in [-0.1, -0.05) is 0 Å². The number of amides is 5. The molecule has 5 amide bonds. The molecule has 0 aromatic carbocycles. The summed E-state index contributed by atoms with van der Waals surface area (Å²) in [7, 11) is 0. The van der Waals surface area contributed by atoms with Crippen LogP contribution in [-0.2, 0) is 35.2 Å². The Bertz CT molecular complexity index is 895. The van der Waals surface area contributed by atoms with Crippen molar-refractivity contribution in [3.63, 3.8) is 0 Å². The van der Waals surface area contributed by atoms with Crippen molar-refractivity contribution in [3.8, 4) is 0 Å². The van der Waals surface area contributed by atoms with Crippen LogP contribution in [0.15, 0.2) is 12.5 Å². The van der Waals surface area contributed by atoms with Crippen molar-refractivity contribution in [3.05, 3.63) is 18.2 Å². The number of aliphatic carboxylic acids is 1. The maximum absolute atomic E-state index is 12.9. The fourth-order valence-corrected chi connectivity index (χ4v) is 2.95. The van der Waals surface area contributed by atoms with Gasteiger partial charge in [0.2, 0.25) is 29.5 Å². The van der Waals surface area contributed by atoms with Crippen LogP contribution in [-0.4, -0.2) is 80.5 Å². The van der Waals surface area contributed by atoms with Crippen LogP contribution < -0.4 is 33.2 Å². The van der Waals surface area contributed by atoms with Gasteiger partial charge in [-0.15, -0.1) is 0 Å². The average molecular weight is 501 g/mol. The number of rotatable bonds is 15. The third kappa shape index (κ3) is 9.86. The molecule has 0 aliphatic heterocycles. The summed E-state index contributed by atoms with van der Waals surface area (Å²) < 4.78 is 0. The first-order chi connectivity index (χ1) is 15.9. The van der Waals surface area contributed by atoms with E-state index in [1.54, 1.807) is 0 Å². The topological polar surface area (TPSA) is 265 Å². The SMILES string of the molecule is NC(=O)CCC(NC(=O)C(N)CC(N)=O)C(=O)NC(Cc1cnc[nH]1)C(=O)NC(CS)C(=O)O. The molecule has 0 fully saturated rings. The zero-order valence-electron chi connectivity index (χ0n) is 18.0. The first-order valence-corrected chi connectivity index (χ1v) is 10.6. The van der Waals surface area contributed by atoms with Gasteiger partial charge in [0.25, 0.3) is 0 Å². The molecule has 34 heavy (non-hydrogen) atoms. The number of carboxylic acid groups (broad SMARTS) is 1. The molecule has 1 aromatic rings. The van der Waals surface area contributed by atoms with Crippen LogP contribution in [0.4, 0.5) is 0 Å². The summed E-state index contributed by atoms with van der Waals surface area (Å²) >= 11 is 3.88. The van der Waals surface area contributed by atoms with Gasteiger partial charge in [0.15, 0.2) is 0 Å². The molecule has 0 aliphatic carbocycles. The lowest BCUT2D eigenvalue weighted by molar-refractivity contribution is -0.141. The summed E-state index contributed by atoms with van der Waals surface area (Å²) in [6.45, 7) is 0. The predicted molar refractivity (Wildman–Crippen MR) is 120 cm³/mol. The molecule has 15 nitrogen and oxygen atoms in total. The summed E-state index contributed by atoms with van der Waals surface area (Å²) in [5.41, 5.74) is 16.2. The van der Waals surface area contributed by atoms with E-state index in [4.69, 9.17) is 22.3 Å². The molecule has 0 bridgehead atoms. The number of imidazole rings is 1. The molecule has 0 spiro atoms. The molecule has 4 atom stereocenters. The summed E-state index contributed by atoms with van der Waals surface area (Å²) in [5.74, 6) is -5.73. The molecule has 1 rings (SSSR count). The molecule has 4 unspecified atom stereocenters. The van der Waals surface area contributed by atoms with Crippen molar-refractivity contribution >= 4 is 48.1 Å². The van der Waals surface area contributed by atoms with Gasteiger partial charge in [0.1, 0.15) is 18.1 Å². The predicted octanol–water partition coefficient (Wildman–Crippen LogP) is -4.11. The Morgan fingerprint density at radius 3 is 2.06 bits per heavy atom. The minimum Gasteiger partial charge on any atom is -0.480 e. The summed E-state index contributed by atoms with van der Waals surface area (Å²) in [6, 6.07) is -5.32. The molecule has 0 aliphatic rings. The van der Waals surface area contributed by atoms with Crippen LogP contribution in [0.25, 0.3) is 0 Å². The number of thiol groups is 1. The Kier molecular flexibility index (Phi) is 11.5. The molecule has 0 saturated heterocycles. The molecule has 16 heteroatoms. The fourth-order valence-electron chi connectivity index (χ4n) is 2.70. The maximum Gasteiger partial charge on any atom is 0.327 e. The number of aromatic amines is 1. The van der Waals surface area contributed by atoms with E-state index in [0.717, 1.165) is 0 Å². The Balaban J connectivity index is 3.05. The summed E-state index contributed by atoms with van der Waals surface area (Å²) in [5, 5.41) is 16.1. The molecule has 0 radical (unpaired) electrons. The monoisotopic (exact) mass is 500 g/mol. The molecule has 11 N–H and O–H groups in total. The third-order valence-electron chi connectivity index (χ3n) is 4.48. The Hall–Kier alpha value is -3.66. The molecule has 1 aromatic heterocycles. The number of nitrogens with zero attached hydrogens (tertiary/aromatic N) is 1. The number of primary amides is 2. The summed E-state index contributed by atoms with van der Waals surface area (Å²) in [6.07, 6.45) is 1.63.